The van der Waals surface area contributed by atoms with Gasteiger partial charge in [-0.2, -0.15) is 17.2 Å². The van der Waals surface area contributed by atoms with Gasteiger partial charge in [0, 0.05) is 7.14 Å². The molecule has 118 valence electrons. The summed E-state index contributed by atoms with van der Waals surface area (Å²) in [6.07, 6.45) is 0. The molecule has 0 unspecified atom stereocenters. The largest absolute Gasteiger partial charge is 0.392 e. The molecule has 0 bridgehead atoms. The first-order valence-electron chi connectivity index (χ1n) is 5.52. The lowest BCUT2D eigenvalue weighted by Gasteiger charge is -2.15. The Kier molecular flexibility index (Phi) is 6.54. The Balaban J connectivity index is 2.83. The molecule has 0 fully saturated rings. The summed E-state index contributed by atoms with van der Waals surface area (Å²) in [6, 6.07) is 3.51. The zero-order chi connectivity index (χ0) is 16.4. The summed E-state index contributed by atoms with van der Waals surface area (Å²) in [6.45, 7) is 4.12. The minimum atomic E-state index is -5.47. The van der Waals surface area contributed by atoms with Gasteiger partial charge in [-0.15, -0.1) is 0 Å². The molecule has 1 aromatic rings. The monoisotopic (exact) mass is 544 g/mol. The Morgan fingerprint density at radius 1 is 1.38 bits per heavy atom. The molecule has 21 heavy (non-hydrogen) atoms. The molecule has 1 aromatic carbocycles. The molecule has 0 atom stereocenters. The fourth-order valence-corrected chi connectivity index (χ4v) is 3.23. The first-order valence-corrected chi connectivity index (χ1v) is 9.12. The van der Waals surface area contributed by atoms with Gasteiger partial charge in [-0.1, -0.05) is 18.7 Å². The molecular weight excluding hydrogens is 532 g/mol. The molecule has 4 nitrogen and oxygen atoms in total. The van der Waals surface area contributed by atoms with Gasteiger partial charge in [-0.05, 0) is 68.8 Å². The maximum absolute atomic E-state index is 13.0. The Bertz CT molecular complexity index is 659. The molecule has 0 spiro atoms. The van der Waals surface area contributed by atoms with E-state index in [9.17, 15) is 17.2 Å². The highest BCUT2D eigenvalue weighted by Crippen LogP contribution is 2.28. The van der Waals surface area contributed by atoms with Gasteiger partial charge in [0.25, 0.3) is 0 Å². The zero-order valence-electron chi connectivity index (χ0n) is 10.9. The number of hydrogen-bond donors (Lipinski definition) is 1. The van der Waals surface area contributed by atoms with E-state index in [-0.39, 0.29) is 6.61 Å². The highest BCUT2D eigenvalue weighted by Gasteiger charge is 2.44. The lowest BCUT2D eigenvalue weighted by molar-refractivity contribution is -0.0266. The third kappa shape index (κ3) is 4.81. The normalized spacial score (nSPS) is 12.5. The van der Waals surface area contributed by atoms with E-state index in [0.717, 1.165) is 18.3 Å². The van der Waals surface area contributed by atoms with Gasteiger partial charge in [-0.3, -0.25) is 4.55 Å². The van der Waals surface area contributed by atoms with Crippen molar-refractivity contribution >= 4 is 60.9 Å². The van der Waals surface area contributed by atoms with Crippen molar-refractivity contribution in [3.8, 4) is 0 Å². The zero-order valence-corrected chi connectivity index (χ0v) is 16.0. The second kappa shape index (κ2) is 7.15. The van der Waals surface area contributed by atoms with Gasteiger partial charge in [0.2, 0.25) is 0 Å². The Morgan fingerprint density at radius 2 is 1.95 bits per heavy atom. The number of alkyl halides is 2. The minimum absolute atomic E-state index is 0.185. The van der Waals surface area contributed by atoms with E-state index >= 15 is 0 Å². The van der Waals surface area contributed by atoms with Crippen LogP contribution in [0.25, 0.3) is 5.57 Å². The number of hydrogen-bond acceptors (Lipinski definition) is 3. The maximum atomic E-state index is 13.0. The van der Waals surface area contributed by atoms with Crippen LogP contribution in [0, 0.1) is 7.14 Å². The van der Waals surface area contributed by atoms with Gasteiger partial charge < -0.3 is 4.74 Å². The first kappa shape index (κ1) is 19.2. The number of benzene rings is 1. The third-order valence-corrected chi connectivity index (χ3v) is 6.78. The number of halogens is 4. The smallest absolute Gasteiger partial charge is 0.369 e. The molecular formula is C12H12F2I2O4S. The summed E-state index contributed by atoms with van der Waals surface area (Å²) in [7, 11) is -5.47. The lowest BCUT2D eigenvalue weighted by Crippen LogP contribution is -2.33. The van der Waals surface area contributed by atoms with Crippen molar-refractivity contribution in [2.45, 2.75) is 18.8 Å². The minimum Gasteiger partial charge on any atom is -0.369 e. The van der Waals surface area contributed by atoms with E-state index in [2.05, 4.69) is 51.8 Å². The van der Waals surface area contributed by atoms with Crippen LogP contribution < -0.4 is 0 Å². The fourth-order valence-electron chi connectivity index (χ4n) is 1.38. The van der Waals surface area contributed by atoms with Crippen molar-refractivity contribution in [2.75, 3.05) is 6.61 Å². The summed E-state index contributed by atoms with van der Waals surface area (Å²) in [4.78, 5) is 0. The average Bonchev–Trinajstić information content (AvgIpc) is 2.32. The van der Waals surface area contributed by atoms with Crippen LogP contribution in [0.3, 0.4) is 0 Å². The van der Waals surface area contributed by atoms with E-state index in [1.165, 1.54) is 0 Å². The maximum Gasteiger partial charge on any atom is 0.392 e. The standard InChI is InChI=1S/C12H12F2I2O4S/c1-7(2)9-4-3-8(10(15)11(9)16)5-20-6-12(13,14)21(17,18)19/h3-4H,1,5-6H2,2H3,(H,17,18,19). The Labute approximate surface area is 149 Å². The number of ether oxygens (including phenoxy) is 1. The molecule has 1 N–H and O–H groups in total. The molecule has 0 heterocycles. The third-order valence-electron chi connectivity index (χ3n) is 2.53. The van der Waals surface area contributed by atoms with Crippen LogP contribution in [0.2, 0.25) is 0 Å². The topological polar surface area (TPSA) is 63.6 Å². The van der Waals surface area contributed by atoms with Gasteiger partial charge in [0.05, 0.1) is 6.61 Å². The lowest BCUT2D eigenvalue weighted by atomic mass is 10.1. The summed E-state index contributed by atoms with van der Waals surface area (Å²) in [5, 5.41) is -4.32. The van der Waals surface area contributed by atoms with Crippen LogP contribution in [0.15, 0.2) is 18.7 Å². The Hall–Kier alpha value is 0.150. The van der Waals surface area contributed by atoms with E-state index in [1.807, 2.05) is 6.92 Å². The van der Waals surface area contributed by atoms with Gasteiger partial charge >= 0.3 is 15.4 Å². The van der Waals surface area contributed by atoms with Gasteiger partial charge in [0.1, 0.15) is 6.61 Å². The molecule has 0 aromatic heterocycles. The van der Waals surface area contributed by atoms with Crippen LogP contribution >= 0.6 is 45.2 Å². The summed E-state index contributed by atoms with van der Waals surface area (Å²) < 4.78 is 61.7. The summed E-state index contributed by atoms with van der Waals surface area (Å²) in [5.74, 6) is 0. The van der Waals surface area contributed by atoms with Gasteiger partial charge in [0.15, 0.2) is 0 Å². The quantitative estimate of drug-likeness (QED) is 0.436. The van der Waals surface area contributed by atoms with Crippen LogP contribution in [0.5, 0.6) is 0 Å². The van der Waals surface area contributed by atoms with E-state index in [0.29, 0.717) is 5.56 Å². The van der Waals surface area contributed by atoms with Crippen molar-refractivity contribution in [3.63, 3.8) is 0 Å². The molecule has 0 radical (unpaired) electrons. The van der Waals surface area contributed by atoms with Crippen LogP contribution in [0.1, 0.15) is 18.1 Å². The SMILES string of the molecule is C=C(C)c1ccc(COCC(F)(F)S(=O)(=O)O)c(I)c1I. The average molecular weight is 544 g/mol. The van der Waals surface area contributed by atoms with Crippen LogP contribution in [-0.4, -0.2) is 24.8 Å². The second-order valence-electron chi connectivity index (χ2n) is 4.29. The summed E-state index contributed by atoms with van der Waals surface area (Å²) in [5.41, 5.74) is 2.48. The molecule has 0 aliphatic heterocycles. The molecule has 0 aliphatic rings. The fraction of sp³-hybridized carbons (Fsp3) is 0.333. The Morgan fingerprint density at radius 3 is 2.43 bits per heavy atom. The number of rotatable bonds is 6. The molecule has 0 aliphatic carbocycles. The predicted molar refractivity (Wildman–Crippen MR) is 92.7 cm³/mol. The highest BCUT2D eigenvalue weighted by atomic mass is 127. The molecule has 0 amide bonds. The van der Waals surface area contributed by atoms with E-state index < -0.39 is 22.0 Å². The summed E-state index contributed by atoms with van der Waals surface area (Å²) >= 11 is 4.18. The van der Waals surface area contributed by atoms with Crippen molar-refractivity contribution in [2.24, 2.45) is 0 Å². The number of allylic oxidation sites excluding steroid dienone is 1. The van der Waals surface area contributed by atoms with Crippen LogP contribution in [0.4, 0.5) is 8.78 Å². The van der Waals surface area contributed by atoms with Crippen molar-refractivity contribution in [1.29, 1.82) is 0 Å². The van der Waals surface area contributed by atoms with Gasteiger partial charge in [-0.25, -0.2) is 0 Å². The molecule has 1 rings (SSSR count). The van der Waals surface area contributed by atoms with Crippen molar-refractivity contribution in [1.82, 2.24) is 0 Å². The molecule has 0 saturated heterocycles. The van der Waals surface area contributed by atoms with Crippen LogP contribution in [-0.2, 0) is 21.5 Å². The first-order chi connectivity index (χ1) is 9.47. The molecule has 9 heteroatoms. The van der Waals surface area contributed by atoms with Crippen molar-refractivity contribution < 1.29 is 26.5 Å². The van der Waals surface area contributed by atoms with E-state index in [4.69, 9.17) is 9.29 Å². The van der Waals surface area contributed by atoms with Crippen molar-refractivity contribution in [3.05, 3.63) is 37.0 Å². The highest BCUT2D eigenvalue weighted by molar-refractivity contribution is 14.1. The van der Waals surface area contributed by atoms with E-state index in [1.54, 1.807) is 12.1 Å². The molecule has 0 saturated carbocycles. The predicted octanol–water partition coefficient (Wildman–Crippen LogP) is 3.93. The second-order valence-corrected chi connectivity index (χ2v) is 7.99.